The molecule has 0 amide bonds. The maximum absolute atomic E-state index is 12.5. The second kappa shape index (κ2) is 4.66. The van der Waals surface area contributed by atoms with Gasteiger partial charge < -0.3 is 5.73 Å². The lowest BCUT2D eigenvalue weighted by Crippen LogP contribution is -2.13. The molecule has 1 heterocycles. The van der Waals surface area contributed by atoms with Crippen LogP contribution < -0.4 is 5.73 Å². The number of halogens is 3. The predicted octanol–water partition coefficient (Wildman–Crippen LogP) is 2.91. The molecule has 2 rings (SSSR count). The molecular weight excluding hydrogens is 263 g/mol. The topological polar surface area (TPSA) is 51.8 Å². The Bertz CT molecular complexity index is 537. The van der Waals surface area contributed by atoms with Gasteiger partial charge in [0.05, 0.1) is 22.7 Å². The Labute approximate surface area is 106 Å². The summed E-state index contributed by atoms with van der Waals surface area (Å²) in [6.45, 7) is 1.61. The average Bonchev–Trinajstić information content (AvgIpc) is 2.80. The van der Waals surface area contributed by atoms with E-state index in [-0.39, 0.29) is 0 Å². The summed E-state index contributed by atoms with van der Waals surface area (Å²) in [5, 5.41) is 3.66. The summed E-state index contributed by atoms with van der Waals surface area (Å²) in [5.41, 5.74) is 6.45. The minimum Gasteiger partial charge on any atom is -0.320 e. The van der Waals surface area contributed by atoms with E-state index in [2.05, 4.69) is 9.59 Å². The van der Waals surface area contributed by atoms with E-state index in [9.17, 15) is 13.2 Å². The van der Waals surface area contributed by atoms with Crippen molar-refractivity contribution < 1.29 is 13.2 Å². The lowest BCUT2D eigenvalue weighted by atomic mass is 9.98. The Morgan fingerprint density at radius 1 is 1.33 bits per heavy atom. The second-order valence-corrected chi connectivity index (χ2v) is 4.68. The first-order chi connectivity index (χ1) is 8.39. The van der Waals surface area contributed by atoms with E-state index in [1.54, 1.807) is 6.92 Å². The molecule has 1 unspecified atom stereocenters. The van der Waals surface area contributed by atoms with Crippen LogP contribution in [0.25, 0.3) is 0 Å². The van der Waals surface area contributed by atoms with Crippen molar-refractivity contribution in [3.05, 3.63) is 46.0 Å². The Hall–Kier alpha value is -1.47. The highest BCUT2D eigenvalue weighted by atomic mass is 32.1. The van der Waals surface area contributed by atoms with Gasteiger partial charge in [-0.2, -0.15) is 13.2 Å². The highest BCUT2D eigenvalue weighted by Crippen LogP contribution is 2.32. The smallest absolute Gasteiger partial charge is 0.320 e. The van der Waals surface area contributed by atoms with Crippen LogP contribution in [-0.2, 0) is 6.18 Å². The Kier molecular flexibility index (Phi) is 3.36. The van der Waals surface area contributed by atoms with Crippen molar-refractivity contribution in [2.45, 2.75) is 19.1 Å². The Morgan fingerprint density at radius 3 is 2.56 bits per heavy atom. The summed E-state index contributed by atoms with van der Waals surface area (Å²) in [7, 11) is 0. The zero-order valence-corrected chi connectivity index (χ0v) is 10.2. The van der Waals surface area contributed by atoms with Crippen LogP contribution in [0.5, 0.6) is 0 Å². The van der Waals surface area contributed by atoms with Gasteiger partial charge in [-0.05, 0) is 41.7 Å². The van der Waals surface area contributed by atoms with Gasteiger partial charge in [0.1, 0.15) is 0 Å². The molecule has 1 aromatic heterocycles. The fourth-order valence-corrected chi connectivity index (χ4v) is 2.19. The van der Waals surface area contributed by atoms with Gasteiger partial charge in [0.15, 0.2) is 0 Å². The largest absolute Gasteiger partial charge is 0.416 e. The third kappa shape index (κ3) is 2.51. The van der Waals surface area contributed by atoms with Crippen molar-refractivity contribution in [3.8, 4) is 0 Å². The molecule has 96 valence electrons. The number of aryl methyl sites for hydroxylation is 1. The van der Waals surface area contributed by atoms with E-state index in [0.29, 0.717) is 11.1 Å². The maximum Gasteiger partial charge on any atom is 0.416 e. The van der Waals surface area contributed by atoms with Crippen molar-refractivity contribution in [3.63, 3.8) is 0 Å². The first kappa shape index (κ1) is 13.0. The van der Waals surface area contributed by atoms with Crippen molar-refractivity contribution >= 4 is 11.5 Å². The van der Waals surface area contributed by atoms with Crippen molar-refractivity contribution in [2.24, 2.45) is 5.73 Å². The number of alkyl halides is 3. The zero-order valence-electron chi connectivity index (χ0n) is 9.40. The molecule has 7 heteroatoms. The molecule has 0 radical (unpaired) electrons. The summed E-state index contributed by atoms with van der Waals surface area (Å²) in [6.07, 6.45) is -2.81. The molecule has 0 spiro atoms. The number of aromatic nitrogens is 2. The van der Waals surface area contributed by atoms with Gasteiger partial charge >= 0.3 is 6.18 Å². The summed E-state index contributed by atoms with van der Waals surface area (Å²) in [4.78, 5) is 0.720. The molecule has 0 aliphatic heterocycles. The number of nitrogens with zero attached hydrogens (tertiary/aromatic N) is 2. The number of benzene rings is 1. The number of rotatable bonds is 2. The van der Waals surface area contributed by atoms with Gasteiger partial charge in [0, 0.05) is 0 Å². The normalized spacial score (nSPS) is 13.6. The van der Waals surface area contributed by atoms with Crippen LogP contribution >= 0.6 is 11.5 Å². The molecule has 0 aliphatic rings. The fraction of sp³-hybridized carbons (Fsp3) is 0.273. The van der Waals surface area contributed by atoms with Gasteiger partial charge in [0.2, 0.25) is 0 Å². The molecule has 3 nitrogen and oxygen atoms in total. The van der Waals surface area contributed by atoms with Crippen LogP contribution in [0.1, 0.15) is 27.6 Å². The standard InChI is InChI=1S/C11H10F3N3S/c1-6-4-7(11(12,13)14)2-3-8(6)10(15)9-5-16-17-18-9/h2-5,10H,15H2,1H3. The third-order valence-corrected chi connectivity index (χ3v) is 3.36. The number of hydrogen-bond donors (Lipinski definition) is 1. The second-order valence-electron chi connectivity index (χ2n) is 3.87. The van der Waals surface area contributed by atoms with Crippen molar-refractivity contribution in [1.29, 1.82) is 0 Å². The van der Waals surface area contributed by atoms with Crippen molar-refractivity contribution in [1.82, 2.24) is 9.59 Å². The lowest BCUT2D eigenvalue weighted by Gasteiger charge is -2.14. The Balaban J connectivity index is 2.36. The molecule has 0 aliphatic carbocycles. The molecule has 2 N–H and O–H groups in total. The van der Waals surface area contributed by atoms with E-state index in [1.807, 2.05) is 0 Å². The summed E-state index contributed by atoms with van der Waals surface area (Å²) >= 11 is 1.14. The average molecular weight is 273 g/mol. The summed E-state index contributed by atoms with van der Waals surface area (Å²) < 4.78 is 41.3. The first-order valence-electron chi connectivity index (χ1n) is 5.10. The highest BCUT2D eigenvalue weighted by Gasteiger charge is 2.31. The van der Waals surface area contributed by atoms with E-state index in [1.165, 1.54) is 12.3 Å². The third-order valence-electron chi connectivity index (χ3n) is 2.62. The monoisotopic (exact) mass is 273 g/mol. The van der Waals surface area contributed by atoms with Crippen LogP contribution in [0.2, 0.25) is 0 Å². The van der Waals surface area contributed by atoms with E-state index in [4.69, 9.17) is 5.73 Å². The predicted molar refractivity (Wildman–Crippen MR) is 62.1 cm³/mol. The van der Waals surface area contributed by atoms with Gasteiger partial charge in [-0.1, -0.05) is 10.6 Å². The van der Waals surface area contributed by atoms with Crippen LogP contribution in [-0.4, -0.2) is 9.59 Å². The van der Waals surface area contributed by atoms with Crippen molar-refractivity contribution in [2.75, 3.05) is 0 Å². The molecule has 0 fully saturated rings. The molecular formula is C11H10F3N3S. The lowest BCUT2D eigenvalue weighted by molar-refractivity contribution is -0.137. The van der Waals surface area contributed by atoms with Gasteiger partial charge in [-0.15, -0.1) is 5.10 Å². The van der Waals surface area contributed by atoms with Crippen LogP contribution in [0, 0.1) is 6.92 Å². The van der Waals surface area contributed by atoms with Gasteiger partial charge in [-0.25, -0.2) is 0 Å². The molecule has 0 bridgehead atoms. The first-order valence-corrected chi connectivity index (χ1v) is 5.87. The molecule has 2 aromatic rings. The van der Waals surface area contributed by atoms with Crippen LogP contribution in [0.15, 0.2) is 24.4 Å². The molecule has 0 saturated heterocycles. The van der Waals surface area contributed by atoms with E-state index < -0.39 is 17.8 Å². The Morgan fingerprint density at radius 2 is 2.06 bits per heavy atom. The van der Waals surface area contributed by atoms with E-state index in [0.717, 1.165) is 28.5 Å². The molecule has 1 atom stereocenters. The molecule has 0 saturated carbocycles. The van der Waals surface area contributed by atoms with Gasteiger partial charge in [-0.3, -0.25) is 0 Å². The molecule has 1 aromatic carbocycles. The number of hydrogen-bond acceptors (Lipinski definition) is 4. The maximum atomic E-state index is 12.5. The highest BCUT2D eigenvalue weighted by molar-refractivity contribution is 7.05. The quantitative estimate of drug-likeness (QED) is 0.915. The van der Waals surface area contributed by atoms with Crippen LogP contribution in [0.3, 0.4) is 0 Å². The van der Waals surface area contributed by atoms with E-state index >= 15 is 0 Å². The van der Waals surface area contributed by atoms with Gasteiger partial charge in [0.25, 0.3) is 0 Å². The fourth-order valence-electron chi connectivity index (χ4n) is 1.67. The zero-order chi connectivity index (χ0) is 13.3. The SMILES string of the molecule is Cc1cc(C(F)(F)F)ccc1C(N)c1cnns1. The minimum absolute atomic E-state index is 0.493. The minimum atomic E-state index is -4.33. The van der Waals surface area contributed by atoms with Crippen LogP contribution in [0.4, 0.5) is 13.2 Å². The number of nitrogens with two attached hydrogens (primary N) is 1. The molecule has 18 heavy (non-hydrogen) atoms. The summed E-state index contributed by atoms with van der Waals surface area (Å²) in [5.74, 6) is 0. The summed E-state index contributed by atoms with van der Waals surface area (Å²) in [6, 6.07) is 3.05.